The Bertz CT molecular complexity index is 950. The van der Waals surface area contributed by atoms with E-state index in [4.69, 9.17) is 4.74 Å². The minimum Gasteiger partial charge on any atom is -0.383 e. The van der Waals surface area contributed by atoms with Gasteiger partial charge in [-0.15, -0.1) is 0 Å². The minimum atomic E-state index is -3.64. The lowest BCUT2D eigenvalue weighted by atomic mass is 10.1. The van der Waals surface area contributed by atoms with Crippen molar-refractivity contribution < 1.29 is 17.9 Å². The van der Waals surface area contributed by atoms with E-state index in [0.29, 0.717) is 43.4 Å². The highest BCUT2D eigenvalue weighted by Gasteiger charge is 2.30. The second-order valence-electron chi connectivity index (χ2n) is 8.24. The van der Waals surface area contributed by atoms with Gasteiger partial charge in [0.15, 0.2) is 0 Å². The molecule has 0 spiro atoms. The minimum absolute atomic E-state index is 0.0294. The van der Waals surface area contributed by atoms with E-state index >= 15 is 0 Å². The Hall–Kier alpha value is -2.19. The van der Waals surface area contributed by atoms with Crippen LogP contribution in [0.25, 0.3) is 0 Å². The Labute approximate surface area is 179 Å². The third-order valence-electron chi connectivity index (χ3n) is 5.23. The van der Waals surface area contributed by atoms with Crippen LogP contribution < -0.4 is 0 Å². The van der Waals surface area contributed by atoms with Crippen LogP contribution in [-0.4, -0.2) is 49.0 Å². The summed E-state index contributed by atoms with van der Waals surface area (Å²) in [6.07, 6.45) is 3.87. The largest absolute Gasteiger partial charge is 0.383 e. The average Bonchev–Trinajstić information content (AvgIpc) is 3.43. The molecule has 0 radical (unpaired) electrons. The second-order valence-corrected chi connectivity index (χ2v) is 10.1. The molecule has 0 atom stereocenters. The molecule has 0 N–H and O–H groups in total. The van der Waals surface area contributed by atoms with Crippen LogP contribution in [0.1, 0.15) is 37.9 Å². The van der Waals surface area contributed by atoms with Crippen molar-refractivity contribution in [2.45, 2.75) is 50.7 Å². The molecule has 3 rings (SSSR count). The molecule has 0 aliphatic heterocycles. The zero-order chi connectivity index (χ0) is 21.7. The Kier molecular flexibility index (Phi) is 7.31. The van der Waals surface area contributed by atoms with E-state index in [1.807, 2.05) is 36.9 Å². The molecule has 0 saturated heterocycles. The highest BCUT2D eigenvalue weighted by atomic mass is 32.2. The smallest absolute Gasteiger partial charge is 0.228 e. The molecule has 1 heterocycles. The van der Waals surface area contributed by atoms with Crippen molar-refractivity contribution in [1.82, 2.24) is 14.5 Å². The second kappa shape index (κ2) is 9.75. The maximum atomic E-state index is 13.1. The quantitative estimate of drug-likeness (QED) is 0.544. The number of ether oxygens (including phenoxy) is 1. The van der Waals surface area contributed by atoms with Gasteiger partial charge in [0.05, 0.1) is 30.8 Å². The maximum Gasteiger partial charge on any atom is 0.228 e. The van der Waals surface area contributed by atoms with E-state index in [0.717, 1.165) is 12.8 Å². The van der Waals surface area contributed by atoms with E-state index in [9.17, 15) is 13.2 Å². The van der Waals surface area contributed by atoms with Crippen molar-refractivity contribution in [2.24, 2.45) is 11.8 Å². The normalized spacial score (nSPS) is 14.3. The van der Waals surface area contributed by atoms with Gasteiger partial charge in [-0.3, -0.25) is 4.79 Å². The van der Waals surface area contributed by atoms with Crippen LogP contribution in [0.4, 0.5) is 0 Å². The number of rotatable bonds is 11. The van der Waals surface area contributed by atoms with Gasteiger partial charge in [0.2, 0.25) is 20.9 Å². The summed E-state index contributed by atoms with van der Waals surface area (Å²) in [7, 11) is -2.06. The number of benzene rings is 1. The van der Waals surface area contributed by atoms with Gasteiger partial charge in [-0.25, -0.2) is 13.4 Å². The van der Waals surface area contributed by atoms with E-state index in [-0.39, 0.29) is 22.7 Å². The maximum absolute atomic E-state index is 13.1. The summed E-state index contributed by atoms with van der Waals surface area (Å²) in [5, 5.41) is 0.0294. The zero-order valence-electron chi connectivity index (χ0n) is 18.0. The van der Waals surface area contributed by atoms with Crippen LogP contribution in [0.15, 0.2) is 41.7 Å². The molecule has 1 aromatic heterocycles. The molecule has 2 aromatic rings. The molecule has 30 heavy (non-hydrogen) atoms. The summed E-state index contributed by atoms with van der Waals surface area (Å²) in [4.78, 5) is 18.8. The molecule has 1 saturated carbocycles. The van der Waals surface area contributed by atoms with Crippen LogP contribution in [0.2, 0.25) is 0 Å². The predicted octanol–water partition coefficient (Wildman–Crippen LogP) is 2.90. The van der Waals surface area contributed by atoms with Gasteiger partial charge in [0.25, 0.3) is 0 Å². The van der Waals surface area contributed by atoms with Crippen molar-refractivity contribution in [1.29, 1.82) is 0 Å². The highest BCUT2D eigenvalue weighted by molar-refractivity contribution is 7.90. The Morgan fingerprint density at radius 2 is 1.97 bits per heavy atom. The summed E-state index contributed by atoms with van der Waals surface area (Å²) in [5.74, 6) is 0.397. The van der Waals surface area contributed by atoms with Gasteiger partial charge < -0.3 is 14.2 Å². The topological polar surface area (TPSA) is 81.5 Å². The molecule has 7 nitrogen and oxygen atoms in total. The molecule has 1 amide bonds. The summed E-state index contributed by atoms with van der Waals surface area (Å²) in [6.45, 7) is 5.56. The Balaban J connectivity index is 1.89. The first kappa shape index (κ1) is 22.5. The van der Waals surface area contributed by atoms with E-state index in [1.165, 1.54) is 0 Å². The van der Waals surface area contributed by atoms with Gasteiger partial charge in [-0.05, 0) is 24.3 Å². The fourth-order valence-electron chi connectivity index (χ4n) is 3.45. The van der Waals surface area contributed by atoms with Gasteiger partial charge in [-0.1, -0.05) is 44.2 Å². The van der Waals surface area contributed by atoms with Gasteiger partial charge in [-0.2, -0.15) is 0 Å². The standard InChI is InChI=1S/C22H31N3O4S/c1-17(2)21(26)24(14-18-9-10-18)15-20-13-23-22(25(20)11-12-29-3)30(27,28)16-19-7-5-4-6-8-19/h4-8,13,17-18H,9-12,14-16H2,1-3H3. The third kappa shape index (κ3) is 5.70. The molecule has 1 aliphatic rings. The molecule has 1 aromatic carbocycles. The fourth-order valence-corrected chi connectivity index (χ4v) is 4.97. The lowest BCUT2D eigenvalue weighted by Crippen LogP contribution is -2.36. The first-order valence-electron chi connectivity index (χ1n) is 10.4. The van der Waals surface area contributed by atoms with E-state index < -0.39 is 9.84 Å². The van der Waals surface area contributed by atoms with Crippen molar-refractivity contribution in [2.75, 3.05) is 20.3 Å². The number of nitrogens with zero attached hydrogens (tertiary/aromatic N) is 3. The number of amides is 1. The van der Waals surface area contributed by atoms with Crippen LogP contribution in [-0.2, 0) is 38.2 Å². The van der Waals surface area contributed by atoms with Crippen molar-refractivity contribution >= 4 is 15.7 Å². The zero-order valence-corrected chi connectivity index (χ0v) is 18.8. The number of carbonyl (C=O) groups excluding carboxylic acids is 1. The predicted molar refractivity (Wildman–Crippen MR) is 114 cm³/mol. The Morgan fingerprint density at radius 1 is 1.27 bits per heavy atom. The molecule has 164 valence electrons. The lowest BCUT2D eigenvalue weighted by Gasteiger charge is -2.25. The molecule has 0 bridgehead atoms. The van der Waals surface area contributed by atoms with Crippen molar-refractivity contribution in [3.63, 3.8) is 0 Å². The number of aromatic nitrogens is 2. The number of hydrogen-bond donors (Lipinski definition) is 0. The molecular weight excluding hydrogens is 402 g/mol. The first-order valence-corrected chi connectivity index (χ1v) is 12.1. The highest BCUT2D eigenvalue weighted by Crippen LogP contribution is 2.31. The van der Waals surface area contributed by atoms with Gasteiger partial charge in [0.1, 0.15) is 0 Å². The monoisotopic (exact) mass is 433 g/mol. The number of hydrogen-bond acceptors (Lipinski definition) is 5. The SMILES string of the molecule is COCCn1c(CN(CC2CC2)C(=O)C(C)C)cnc1S(=O)(=O)Cc1ccccc1. The van der Waals surface area contributed by atoms with Crippen molar-refractivity contribution in [3.05, 3.63) is 47.8 Å². The fraction of sp³-hybridized carbons (Fsp3) is 0.545. The Morgan fingerprint density at radius 3 is 2.57 bits per heavy atom. The first-order chi connectivity index (χ1) is 14.3. The van der Waals surface area contributed by atoms with Gasteiger partial charge >= 0.3 is 0 Å². The number of methoxy groups -OCH3 is 1. The van der Waals surface area contributed by atoms with E-state index in [2.05, 4.69) is 4.98 Å². The molecular formula is C22H31N3O4S. The average molecular weight is 434 g/mol. The summed E-state index contributed by atoms with van der Waals surface area (Å²) >= 11 is 0. The number of carbonyl (C=O) groups is 1. The summed E-state index contributed by atoms with van der Waals surface area (Å²) in [6, 6.07) is 9.08. The number of sulfone groups is 1. The summed E-state index contributed by atoms with van der Waals surface area (Å²) in [5.41, 5.74) is 1.43. The van der Waals surface area contributed by atoms with Gasteiger partial charge in [0, 0.05) is 26.1 Å². The molecule has 1 fully saturated rings. The lowest BCUT2D eigenvalue weighted by molar-refractivity contribution is -0.135. The number of imidazole rings is 1. The van der Waals surface area contributed by atoms with Crippen LogP contribution in [0.3, 0.4) is 0 Å². The molecule has 8 heteroatoms. The van der Waals surface area contributed by atoms with Crippen LogP contribution in [0, 0.1) is 11.8 Å². The van der Waals surface area contributed by atoms with E-state index in [1.54, 1.807) is 30.0 Å². The third-order valence-corrected chi connectivity index (χ3v) is 6.83. The molecule has 0 unspecified atom stereocenters. The van der Waals surface area contributed by atoms with Crippen LogP contribution in [0.5, 0.6) is 0 Å². The van der Waals surface area contributed by atoms with Crippen molar-refractivity contribution in [3.8, 4) is 0 Å². The summed E-state index contributed by atoms with van der Waals surface area (Å²) < 4.78 is 33.1. The van der Waals surface area contributed by atoms with Crippen LogP contribution >= 0.6 is 0 Å². The molecule has 1 aliphatic carbocycles.